The third-order valence-electron chi connectivity index (χ3n) is 1.03. The van der Waals surface area contributed by atoms with Gasteiger partial charge in [0.1, 0.15) is 5.75 Å². The molecule has 0 bridgehead atoms. The van der Waals surface area contributed by atoms with Gasteiger partial charge in [0.25, 0.3) is 0 Å². The van der Waals surface area contributed by atoms with E-state index in [4.69, 9.17) is 0 Å². The van der Waals surface area contributed by atoms with Gasteiger partial charge in [-0.2, -0.15) is 0 Å². The zero-order valence-electron chi connectivity index (χ0n) is 7.88. The largest absolute Gasteiger partial charge is 1.00 e. The molecular weight excluding hydrogens is 205 g/mol. The Morgan fingerprint density at radius 2 is 1.92 bits per heavy atom. The minimum Gasteiger partial charge on any atom is -1.00 e. The van der Waals surface area contributed by atoms with Gasteiger partial charge < -0.3 is 5.61 Å². The molecule has 0 saturated carbocycles. The maximum Gasteiger partial charge on any atom is 1.00 e. The Bertz CT molecular complexity index is 310. The second kappa shape index (κ2) is 6.09. The maximum atomic E-state index is 10.5. The molecule has 0 amide bonds. The number of rotatable bonds is 3. The van der Waals surface area contributed by atoms with Crippen molar-refractivity contribution in [3.8, 4) is 5.75 Å². The molecule has 5 nitrogen and oxygen atoms in total. The fourth-order valence-electron chi connectivity index (χ4n) is 0.589. The van der Waals surface area contributed by atoms with Crippen LogP contribution in [-0.4, -0.2) is 8.54 Å². The first-order chi connectivity index (χ1) is 5.70. The van der Waals surface area contributed by atoms with E-state index in [0.29, 0.717) is 0 Å². The third-order valence-corrected chi connectivity index (χ3v) is 1.61. The van der Waals surface area contributed by atoms with E-state index < -0.39 is 15.6 Å². The van der Waals surface area contributed by atoms with Crippen LogP contribution in [-0.2, 0) is 11.3 Å². The minimum atomic E-state index is -2.50. The molecule has 0 aliphatic carbocycles. The second-order valence-electron chi connectivity index (χ2n) is 1.84. The molecule has 13 heavy (non-hydrogen) atoms. The SMILES string of the molecule is O=[N+]([O-])S(=O)Oc1ccccc1.[H-].[Na+]. The Balaban J connectivity index is 0. The first-order valence-electron chi connectivity index (χ1n) is 3.00. The fraction of sp³-hybridized carbons (Fsp3) is 0. The van der Waals surface area contributed by atoms with Crippen LogP contribution in [0.25, 0.3) is 0 Å². The van der Waals surface area contributed by atoms with E-state index in [-0.39, 0.29) is 36.7 Å². The molecule has 1 aromatic carbocycles. The predicted molar refractivity (Wildman–Crippen MR) is 43.3 cm³/mol. The summed E-state index contributed by atoms with van der Waals surface area (Å²) in [6.07, 6.45) is 0. The van der Waals surface area contributed by atoms with Crippen LogP contribution in [0.1, 0.15) is 1.43 Å². The number of hydrogen-bond donors (Lipinski definition) is 0. The van der Waals surface area contributed by atoms with Gasteiger partial charge in [0.15, 0.2) is 4.33 Å². The number of benzene rings is 1. The van der Waals surface area contributed by atoms with Gasteiger partial charge in [-0.05, 0) is 12.1 Å². The zero-order chi connectivity index (χ0) is 8.97. The Hall–Kier alpha value is -0.430. The van der Waals surface area contributed by atoms with Gasteiger partial charge in [-0.3, -0.25) is 0 Å². The van der Waals surface area contributed by atoms with Crippen molar-refractivity contribution >= 4 is 11.3 Å². The van der Waals surface area contributed by atoms with Crippen molar-refractivity contribution in [2.24, 2.45) is 0 Å². The van der Waals surface area contributed by atoms with Gasteiger partial charge in [0.2, 0.25) is 0 Å². The minimum absolute atomic E-state index is 0. The summed E-state index contributed by atoms with van der Waals surface area (Å²) >= 11 is -2.50. The number of hydrogen-bond acceptors (Lipinski definition) is 4. The monoisotopic (exact) mass is 211 g/mol. The molecule has 0 saturated heterocycles. The predicted octanol–water partition coefficient (Wildman–Crippen LogP) is -1.96. The smallest absolute Gasteiger partial charge is 1.00 e. The first kappa shape index (κ1) is 12.6. The van der Waals surface area contributed by atoms with Crippen LogP contribution < -0.4 is 33.7 Å². The molecule has 0 fully saturated rings. The van der Waals surface area contributed by atoms with E-state index >= 15 is 0 Å². The van der Waals surface area contributed by atoms with Crippen LogP contribution >= 0.6 is 0 Å². The van der Waals surface area contributed by atoms with Crippen LogP contribution in [0, 0.1) is 10.1 Å². The third kappa shape index (κ3) is 4.37. The summed E-state index contributed by atoms with van der Waals surface area (Å²) in [5.41, 5.74) is 0. The summed E-state index contributed by atoms with van der Waals surface area (Å²) in [5, 5.41) is 9.88. The number of nitrogens with zero attached hydrogens (tertiary/aromatic N) is 1. The molecule has 0 radical (unpaired) electrons. The Morgan fingerprint density at radius 3 is 2.38 bits per heavy atom. The van der Waals surface area contributed by atoms with Gasteiger partial charge in [-0.15, -0.1) is 4.21 Å². The molecular formula is C6H6NNaO4S. The maximum absolute atomic E-state index is 10.5. The van der Waals surface area contributed by atoms with Crippen LogP contribution in [0.15, 0.2) is 30.3 Å². The van der Waals surface area contributed by atoms with E-state index in [9.17, 15) is 14.3 Å². The molecule has 0 aliphatic heterocycles. The van der Waals surface area contributed by atoms with Crippen molar-refractivity contribution in [2.45, 2.75) is 0 Å². The molecule has 0 spiro atoms. The van der Waals surface area contributed by atoms with Crippen molar-refractivity contribution in [1.82, 2.24) is 0 Å². The zero-order valence-corrected chi connectivity index (χ0v) is 9.69. The summed E-state index contributed by atoms with van der Waals surface area (Å²) in [5.74, 6) is 0.215. The van der Waals surface area contributed by atoms with Crippen LogP contribution in [0.4, 0.5) is 0 Å². The number of nitro groups is 1. The molecule has 66 valence electrons. The van der Waals surface area contributed by atoms with Crippen molar-refractivity contribution in [3.05, 3.63) is 40.4 Å². The first-order valence-corrected chi connectivity index (χ1v) is 4.03. The normalized spacial score (nSPS) is 11.1. The van der Waals surface area contributed by atoms with E-state index in [2.05, 4.69) is 4.18 Å². The molecule has 1 aromatic rings. The summed E-state index contributed by atoms with van der Waals surface area (Å²) in [7, 11) is 0. The van der Waals surface area contributed by atoms with Crippen molar-refractivity contribution in [1.29, 1.82) is 0 Å². The van der Waals surface area contributed by atoms with E-state index in [0.717, 1.165) is 0 Å². The van der Waals surface area contributed by atoms with Gasteiger partial charge in [-0.1, -0.05) is 18.2 Å². The van der Waals surface area contributed by atoms with Gasteiger partial charge in [0, 0.05) is 0 Å². The molecule has 0 aromatic heterocycles. The van der Waals surface area contributed by atoms with Crippen LogP contribution in [0.5, 0.6) is 5.75 Å². The van der Waals surface area contributed by atoms with E-state index in [1.165, 1.54) is 12.1 Å². The Labute approximate surface area is 101 Å². The summed E-state index contributed by atoms with van der Waals surface area (Å²) in [4.78, 5) is 9.88. The molecule has 0 heterocycles. The van der Waals surface area contributed by atoms with Crippen molar-refractivity contribution < 1.29 is 43.7 Å². The Morgan fingerprint density at radius 1 is 1.38 bits per heavy atom. The quantitative estimate of drug-likeness (QED) is 0.330. The van der Waals surface area contributed by atoms with E-state index in [1.807, 2.05) is 0 Å². The van der Waals surface area contributed by atoms with E-state index in [1.54, 1.807) is 18.2 Å². The molecule has 0 N–H and O–H groups in total. The molecule has 7 heteroatoms. The average molecular weight is 211 g/mol. The topological polar surface area (TPSA) is 69.4 Å². The summed E-state index contributed by atoms with van der Waals surface area (Å²) in [6.45, 7) is 0. The summed E-state index contributed by atoms with van der Waals surface area (Å²) < 4.78 is 13.9. The number of para-hydroxylation sites is 1. The standard InChI is InChI=1S/C6H5NO4S.Na.H/c8-7(9)12(10)11-6-4-2-1-3-5-6;;/h1-5H;;/q;+1;-1. The van der Waals surface area contributed by atoms with Gasteiger partial charge in [-0.25, -0.2) is 10.1 Å². The fourth-order valence-corrected chi connectivity index (χ4v) is 0.925. The van der Waals surface area contributed by atoms with Crippen LogP contribution in [0.2, 0.25) is 0 Å². The molecule has 1 atom stereocenters. The Kier molecular flexibility index (Phi) is 5.89. The van der Waals surface area contributed by atoms with Gasteiger partial charge >= 0.3 is 40.8 Å². The van der Waals surface area contributed by atoms with Gasteiger partial charge in [0.05, 0.1) is 0 Å². The molecule has 1 unspecified atom stereocenters. The average Bonchev–Trinajstić information content (AvgIpc) is 2.06. The summed E-state index contributed by atoms with van der Waals surface area (Å²) in [6, 6.07) is 7.96. The van der Waals surface area contributed by atoms with Crippen LogP contribution in [0.3, 0.4) is 0 Å². The van der Waals surface area contributed by atoms with Crippen molar-refractivity contribution in [3.63, 3.8) is 0 Å². The molecule has 0 aliphatic rings. The second-order valence-corrected chi connectivity index (χ2v) is 2.74. The molecule has 1 rings (SSSR count). The van der Waals surface area contributed by atoms with Crippen molar-refractivity contribution in [2.75, 3.05) is 0 Å².